The smallest absolute Gasteiger partial charge is 0.255 e. The number of amides is 1. The molecule has 0 bridgehead atoms. The summed E-state index contributed by atoms with van der Waals surface area (Å²) in [6.45, 7) is -0.209. The first-order valence-electron chi connectivity index (χ1n) is 8.33. The summed E-state index contributed by atoms with van der Waals surface area (Å²) < 4.78 is 30.5. The predicted molar refractivity (Wildman–Crippen MR) is 97.2 cm³/mol. The number of carbonyl (C=O) groups excluding carboxylic acids is 1. The lowest BCUT2D eigenvalue weighted by molar-refractivity contribution is -0.121. The molecule has 1 fully saturated rings. The largest absolute Gasteiger partial charge is 0.497 e. The Morgan fingerprint density at radius 1 is 1.36 bits per heavy atom. The summed E-state index contributed by atoms with van der Waals surface area (Å²) in [4.78, 5) is 12.1. The molecule has 1 aliphatic carbocycles. The number of hydrogen-bond donors (Lipinski definition) is 1. The van der Waals surface area contributed by atoms with Crippen LogP contribution in [0.2, 0.25) is 0 Å². The van der Waals surface area contributed by atoms with Crippen LogP contribution in [0.5, 0.6) is 5.75 Å². The summed E-state index contributed by atoms with van der Waals surface area (Å²) in [6.07, 6.45) is 7.34. The molecule has 1 aromatic rings. The molecule has 0 atom stereocenters. The summed E-state index contributed by atoms with van der Waals surface area (Å²) in [5.74, 6) is 0.242. The summed E-state index contributed by atoms with van der Waals surface area (Å²) >= 11 is 0. The highest BCUT2D eigenvalue weighted by atomic mass is 32.2. The van der Waals surface area contributed by atoms with Crippen LogP contribution in [0.15, 0.2) is 29.4 Å². The quantitative estimate of drug-likeness (QED) is 0.587. The fourth-order valence-corrected chi connectivity index (χ4v) is 4.07. The van der Waals surface area contributed by atoms with Crippen LogP contribution in [0.25, 0.3) is 0 Å². The van der Waals surface area contributed by atoms with Gasteiger partial charge in [0.25, 0.3) is 5.91 Å². The van der Waals surface area contributed by atoms with Crippen LogP contribution in [0.1, 0.15) is 37.7 Å². The van der Waals surface area contributed by atoms with E-state index in [1.54, 1.807) is 13.2 Å². The second-order valence-electron chi connectivity index (χ2n) is 6.17. The van der Waals surface area contributed by atoms with E-state index in [-0.39, 0.29) is 12.6 Å². The molecule has 0 aromatic heterocycles. The normalized spacial score (nSPS) is 16.3. The van der Waals surface area contributed by atoms with Gasteiger partial charge in [-0.2, -0.15) is 9.41 Å². The van der Waals surface area contributed by atoms with Gasteiger partial charge in [-0.05, 0) is 30.5 Å². The van der Waals surface area contributed by atoms with Gasteiger partial charge in [-0.3, -0.25) is 4.79 Å². The van der Waals surface area contributed by atoms with Crippen LogP contribution in [0.4, 0.5) is 0 Å². The Morgan fingerprint density at radius 3 is 2.72 bits per heavy atom. The average Bonchev–Trinajstić information content (AvgIpc) is 2.59. The first kappa shape index (κ1) is 19.4. The number of methoxy groups -OCH3 is 1. The standard InChI is InChI=1S/C17H25N3O4S/c1-24-16-10-6-7-14(11-16)12-18-19-17(21)13-20(25(2,22)23)15-8-4-3-5-9-15/h6-7,10-12,15H,3-5,8-9,13H2,1-2H3,(H,19,21)/b18-12+. The Labute approximate surface area is 149 Å². The van der Waals surface area contributed by atoms with E-state index in [2.05, 4.69) is 10.5 Å². The molecule has 1 aliphatic rings. The molecular weight excluding hydrogens is 342 g/mol. The lowest BCUT2D eigenvalue weighted by Gasteiger charge is -2.31. The number of ether oxygens (including phenoxy) is 1. The van der Waals surface area contributed by atoms with E-state index in [0.717, 1.165) is 43.9 Å². The molecule has 0 heterocycles. The van der Waals surface area contributed by atoms with Gasteiger partial charge in [-0.25, -0.2) is 13.8 Å². The maximum atomic E-state index is 12.1. The van der Waals surface area contributed by atoms with E-state index in [1.165, 1.54) is 10.5 Å². The highest BCUT2D eigenvalue weighted by Crippen LogP contribution is 2.24. The number of hydrogen-bond acceptors (Lipinski definition) is 5. The predicted octanol–water partition coefficient (Wildman–Crippen LogP) is 1.74. The molecule has 1 amide bonds. The Morgan fingerprint density at radius 2 is 2.08 bits per heavy atom. The van der Waals surface area contributed by atoms with Gasteiger partial charge in [0.2, 0.25) is 10.0 Å². The van der Waals surface area contributed by atoms with Crippen LogP contribution in [-0.4, -0.2) is 50.8 Å². The minimum absolute atomic E-state index is 0.100. The van der Waals surface area contributed by atoms with Gasteiger partial charge in [0, 0.05) is 6.04 Å². The zero-order valence-corrected chi connectivity index (χ0v) is 15.5. The van der Waals surface area contributed by atoms with E-state index in [9.17, 15) is 13.2 Å². The summed E-state index contributed by atoms with van der Waals surface area (Å²) in [5, 5.41) is 3.90. The van der Waals surface area contributed by atoms with Gasteiger partial charge in [-0.1, -0.05) is 31.4 Å². The fraction of sp³-hybridized carbons (Fsp3) is 0.529. The van der Waals surface area contributed by atoms with E-state index in [1.807, 2.05) is 18.2 Å². The van der Waals surface area contributed by atoms with Crippen LogP contribution in [0.3, 0.4) is 0 Å². The second-order valence-corrected chi connectivity index (χ2v) is 8.10. The number of rotatable bonds is 7. The van der Waals surface area contributed by atoms with E-state index >= 15 is 0 Å². The molecule has 0 radical (unpaired) electrons. The topological polar surface area (TPSA) is 88.1 Å². The van der Waals surface area contributed by atoms with Gasteiger partial charge in [-0.15, -0.1) is 0 Å². The Balaban J connectivity index is 1.95. The summed E-state index contributed by atoms with van der Waals surface area (Å²) in [7, 11) is -1.87. The molecule has 7 nitrogen and oxygen atoms in total. The van der Waals surface area contributed by atoms with Gasteiger partial charge in [0.05, 0.1) is 26.1 Å². The van der Waals surface area contributed by atoms with Crippen molar-refractivity contribution in [2.75, 3.05) is 19.9 Å². The van der Waals surface area contributed by atoms with E-state index < -0.39 is 15.9 Å². The maximum absolute atomic E-state index is 12.1. The minimum Gasteiger partial charge on any atom is -0.497 e. The molecule has 8 heteroatoms. The third kappa shape index (κ3) is 6.13. The number of benzene rings is 1. The molecule has 138 valence electrons. The van der Waals surface area contributed by atoms with Crippen molar-refractivity contribution < 1.29 is 17.9 Å². The molecule has 1 saturated carbocycles. The van der Waals surface area contributed by atoms with Crippen molar-refractivity contribution in [3.8, 4) is 5.75 Å². The van der Waals surface area contributed by atoms with Gasteiger partial charge < -0.3 is 4.74 Å². The number of hydrazone groups is 1. The van der Waals surface area contributed by atoms with Crippen molar-refractivity contribution in [1.82, 2.24) is 9.73 Å². The SMILES string of the molecule is COc1cccc(/C=N/NC(=O)CN(C2CCCCC2)S(C)(=O)=O)c1. The first-order valence-corrected chi connectivity index (χ1v) is 10.2. The first-order chi connectivity index (χ1) is 11.9. The Hall–Kier alpha value is -1.93. The molecule has 1 aromatic carbocycles. The lowest BCUT2D eigenvalue weighted by atomic mass is 9.95. The number of nitrogens with one attached hydrogen (secondary N) is 1. The van der Waals surface area contributed by atoms with Crippen molar-refractivity contribution in [1.29, 1.82) is 0 Å². The van der Waals surface area contributed by atoms with Crippen LogP contribution < -0.4 is 10.2 Å². The fourth-order valence-electron chi connectivity index (χ4n) is 2.96. The zero-order valence-electron chi connectivity index (χ0n) is 14.6. The van der Waals surface area contributed by atoms with Crippen molar-refractivity contribution in [2.45, 2.75) is 38.1 Å². The van der Waals surface area contributed by atoms with Crippen LogP contribution >= 0.6 is 0 Å². The maximum Gasteiger partial charge on any atom is 0.255 e. The lowest BCUT2D eigenvalue weighted by Crippen LogP contribution is -2.45. The summed E-state index contributed by atoms with van der Waals surface area (Å²) in [6, 6.07) is 7.13. The highest BCUT2D eigenvalue weighted by Gasteiger charge is 2.29. The number of nitrogens with zero attached hydrogens (tertiary/aromatic N) is 2. The molecule has 0 saturated heterocycles. The third-order valence-electron chi connectivity index (χ3n) is 4.20. The van der Waals surface area contributed by atoms with Crippen molar-refractivity contribution in [3.63, 3.8) is 0 Å². The monoisotopic (exact) mass is 367 g/mol. The van der Waals surface area contributed by atoms with Gasteiger partial charge in [0.1, 0.15) is 5.75 Å². The molecule has 0 unspecified atom stereocenters. The highest BCUT2D eigenvalue weighted by molar-refractivity contribution is 7.88. The second kappa shape index (κ2) is 8.96. The molecule has 0 aliphatic heterocycles. The molecule has 0 spiro atoms. The molecule has 2 rings (SSSR count). The van der Waals surface area contributed by atoms with Crippen LogP contribution in [0, 0.1) is 0 Å². The molecule has 1 N–H and O–H groups in total. The zero-order chi connectivity index (χ0) is 18.3. The van der Waals surface area contributed by atoms with E-state index in [4.69, 9.17) is 4.74 Å². The Bertz CT molecular complexity index is 712. The van der Waals surface area contributed by atoms with Gasteiger partial charge >= 0.3 is 0 Å². The molecule has 25 heavy (non-hydrogen) atoms. The van der Waals surface area contributed by atoms with Gasteiger partial charge in [0.15, 0.2) is 0 Å². The van der Waals surface area contributed by atoms with Crippen molar-refractivity contribution >= 4 is 22.1 Å². The van der Waals surface area contributed by atoms with Crippen molar-refractivity contribution in [3.05, 3.63) is 29.8 Å². The third-order valence-corrected chi connectivity index (χ3v) is 5.48. The molecular formula is C17H25N3O4S. The van der Waals surface area contributed by atoms with E-state index in [0.29, 0.717) is 5.75 Å². The number of carbonyl (C=O) groups is 1. The number of sulfonamides is 1. The minimum atomic E-state index is -3.44. The summed E-state index contributed by atoms with van der Waals surface area (Å²) in [5.41, 5.74) is 3.16. The van der Waals surface area contributed by atoms with Crippen molar-refractivity contribution in [2.24, 2.45) is 5.10 Å². The van der Waals surface area contributed by atoms with Crippen LogP contribution in [-0.2, 0) is 14.8 Å². The average molecular weight is 367 g/mol. The Kier molecular flexibility index (Phi) is 6.95.